The lowest BCUT2D eigenvalue weighted by molar-refractivity contribution is 0.242. The van der Waals surface area contributed by atoms with Gasteiger partial charge in [0.1, 0.15) is 10.8 Å². The SMILES string of the molecule is Cc1cnc(CN2CCc3nc(C4CC4)ncc3C2)s1. The Balaban J connectivity index is 1.48. The summed E-state index contributed by atoms with van der Waals surface area (Å²) in [7, 11) is 0. The van der Waals surface area contributed by atoms with Gasteiger partial charge in [0.2, 0.25) is 0 Å². The molecule has 0 radical (unpaired) electrons. The molecule has 104 valence electrons. The van der Waals surface area contributed by atoms with Gasteiger partial charge in [0, 0.05) is 54.0 Å². The normalized spacial score (nSPS) is 19.1. The van der Waals surface area contributed by atoms with Gasteiger partial charge in [-0.05, 0) is 19.8 Å². The molecule has 1 fully saturated rings. The molecule has 0 unspecified atom stereocenters. The number of thiazole rings is 1. The highest BCUT2D eigenvalue weighted by Gasteiger charge is 2.28. The first-order valence-corrected chi connectivity index (χ1v) is 8.08. The number of nitrogens with zero attached hydrogens (tertiary/aromatic N) is 4. The zero-order valence-electron chi connectivity index (χ0n) is 11.7. The molecule has 2 aromatic heterocycles. The molecule has 1 saturated carbocycles. The van der Waals surface area contributed by atoms with Crippen LogP contribution in [0.2, 0.25) is 0 Å². The molecule has 0 atom stereocenters. The summed E-state index contributed by atoms with van der Waals surface area (Å²) < 4.78 is 0. The van der Waals surface area contributed by atoms with Crippen LogP contribution in [-0.4, -0.2) is 26.4 Å². The van der Waals surface area contributed by atoms with E-state index in [4.69, 9.17) is 4.98 Å². The monoisotopic (exact) mass is 286 g/mol. The van der Waals surface area contributed by atoms with Crippen molar-refractivity contribution < 1.29 is 0 Å². The van der Waals surface area contributed by atoms with Crippen LogP contribution in [0.25, 0.3) is 0 Å². The molecule has 1 aliphatic carbocycles. The molecule has 0 bridgehead atoms. The van der Waals surface area contributed by atoms with E-state index in [2.05, 4.69) is 28.0 Å². The first-order valence-electron chi connectivity index (χ1n) is 7.26. The second kappa shape index (κ2) is 4.90. The Bertz CT molecular complexity index is 633. The second-order valence-corrected chi connectivity index (χ2v) is 7.12. The molecule has 0 amide bonds. The average molecular weight is 286 g/mol. The van der Waals surface area contributed by atoms with Crippen LogP contribution in [-0.2, 0) is 19.5 Å². The van der Waals surface area contributed by atoms with Crippen LogP contribution < -0.4 is 0 Å². The molecule has 20 heavy (non-hydrogen) atoms. The fraction of sp³-hybridized carbons (Fsp3) is 0.533. The molecule has 2 aromatic rings. The Morgan fingerprint density at radius 1 is 1.30 bits per heavy atom. The van der Waals surface area contributed by atoms with Crippen molar-refractivity contribution in [3.05, 3.63) is 39.4 Å². The van der Waals surface area contributed by atoms with Crippen LogP contribution in [0.4, 0.5) is 0 Å². The molecule has 0 aromatic carbocycles. The Kier molecular flexibility index (Phi) is 3.04. The quantitative estimate of drug-likeness (QED) is 0.870. The summed E-state index contributed by atoms with van der Waals surface area (Å²) in [4.78, 5) is 17.5. The summed E-state index contributed by atoms with van der Waals surface area (Å²) in [6.07, 6.45) is 7.60. The highest BCUT2D eigenvalue weighted by Crippen LogP contribution is 2.38. The smallest absolute Gasteiger partial charge is 0.131 e. The standard InChI is InChI=1S/C15H18N4S/c1-10-6-16-14(20-10)9-19-5-4-13-12(8-19)7-17-15(18-13)11-2-3-11/h6-7,11H,2-5,8-9H2,1H3. The van der Waals surface area contributed by atoms with Crippen molar-refractivity contribution in [2.24, 2.45) is 0 Å². The summed E-state index contributed by atoms with van der Waals surface area (Å²) in [6, 6.07) is 0. The van der Waals surface area contributed by atoms with Gasteiger partial charge in [-0.3, -0.25) is 4.90 Å². The van der Waals surface area contributed by atoms with Crippen LogP contribution in [0, 0.1) is 6.92 Å². The molecule has 0 saturated heterocycles. The van der Waals surface area contributed by atoms with Crippen molar-refractivity contribution in [3.63, 3.8) is 0 Å². The number of hydrogen-bond acceptors (Lipinski definition) is 5. The molecule has 5 heteroatoms. The van der Waals surface area contributed by atoms with Crippen molar-refractivity contribution in [2.75, 3.05) is 6.54 Å². The topological polar surface area (TPSA) is 41.9 Å². The zero-order valence-corrected chi connectivity index (χ0v) is 12.5. The summed E-state index contributed by atoms with van der Waals surface area (Å²) in [5.74, 6) is 1.73. The van der Waals surface area contributed by atoms with Crippen LogP contribution in [0.3, 0.4) is 0 Å². The third kappa shape index (κ3) is 2.47. The molecule has 3 heterocycles. The van der Waals surface area contributed by atoms with Gasteiger partial charge in [-0.1, -0.05) is 0 Å². The van der Waals surface area contributed by atoms with Crippen molar-refractivity contribution in [2.45, 2.75) is 45.2 Å². The Labute approximate surface area is 122 Å². The summed E-state index contributed by atoms with van der Waals surface area (Å²) in [5.41, 5.74) is 2.57. The second-order valence-electron chi connectivity index (χ2n) is 5.80. The van der Waals surface area contributed by atoms with Gasteiger partial charge in [-0.2, -0.15) is 0 Å². The zero-order chi connectivity index (χ0) is 13.5. The fourth-order valence-electron chi connectivity index (χ4n) is 2.73. The molecular formula is C15H18N4S. The molecular weight excluding hydrogens is 268 g/mol. The van der Waals surface area contributed by atoms with E-state index in [1.54, 1.807) is 11.3 Å². The molecule has 0 spiro atoms. The Morgan fingerprint density at radius 3 is 2.95 bits per heavy atom. The van der Waals surface area contributed by atoms with Crippen molar-refractivity contribution >= 4 is 11.3 Å². The minimum Gasteiger partial charge on any atom is -0.292 e. The number of hydrogen-bond donors (Lipinski definition) is 0. The van der Waals surface area contributed by atoms with Gasteiger partial charge in [-0.25, -0.2) is 15.0 Å². The largest absolute Gasteiger partial charge is 0.292 e. The number of fused-ring (bicyclic) bond motifs is 1. The van der Waals surface area contributed by atoms with E-state index in [-0.39, 0.29) is 0 Å². The van der Waals surface area contributed by atoms with E-state index in [0.29, 0.717) is 5.92 Å². The third-order valence-corrected chi connectivity index (χ3v) is 4.90. The van der Waals surface area contributed by atoms with Crippen LogP contribution in [0.1, 0.15) is 45.7 Å². The highest BCUT2D eigenvalue weighted by molar-refractivity contribution is 7.11. The summed E-state index contributed by atoms with van der Waals surface area (Å²) in [5, 5.41) is 1.21. The van der Waals surface area contributed by atoms with E-state index in [1.165, 1.54) is 34.0 Å². The molecule has 1 aliphatic heterocycles. The highest BCUT2D eigenvalue weighted by atomic mass is 32.1. The van der Waals surface area contributed by atoms with E-state index in [1.807, 2.05) is 6.20 Å². The van der Waals surface area contributed by atoms with E-state index in [9.17, 15) is 0 Å². The maximum Gasteiger partial charge on any atom is 0.131 e. The van der Waals surface area contributed by atoms with Gasteiger partial charge in [-0.15, -0.1) is 11.3 Å². The van der Waals surface area contributed by atoms with Gasteiger partial charge >= 0.3 is 0 Å². The molecule has 2 aliphatic rings. The molecule has 4 rings (SSSR count). The van der Waals surface area contributed by atoms with Gasteiger partial charge in [0.25, 0.3) is 0 Å². The summed E-state index contributed by atoms with van der Waals surface area (Å²) >= 11 is 1.79. The van der Waals surface area contributed by atoms with E-state index < -0.39 is 0 Å². The van der Waals surface area contributed by atoms with Crippen molar-refractivity contribution in [1.82, 2.24) is 19.9 Å². The lowest BCUT2D eigenvalue weighted by Gasteiger charge is -2.27. The maximum atomic E-state index is 4.77. The van der Waals surface area contributed by atoms with Crippen LogP contribution in [0.5, 0.6) is 0 Å². The maximum absolute atomic E-state index is 4.77. The van der Waals surface area contributed by atoms with E-state index in [0.717, 1.165) is 31.9 Å². The fourth-order valence-corrected chi connectivity index (χ4v) is 3.56. The predicted molar refractivity (Wildman–Crippen MR) is 78.7 cm³/mol. The average Bonchev–Trinajstić information content (AvgIpc) is 3.22. The van der Waals surface area contributed by atoms with E-state index >= 15 is 0 Å². The lowest BCUT2D eigenvalue weighted by atomic mass is 10.1. The van der Waals surface area contributed by atoms with Gasteiger partial charge in [0.15, 0.2) is 0 Å². The summed E-state index contributed by atoms with van der Waals surface area (Å²) in [6.45, 7) is 5.09. The number of aryl methyl sites for hydroxylation is 1. The number of aromatic nitrogens is 3. The first kappa shape index (κ1) is 12.4. The Hall–Kier alpha value is -1.33. The minimum atomic E-state index is 0.650. The first-order chi connectivity index (χ1) is 9.78. The van der Waals surface area contributed by atoms with Crippen LogP contribution >= 0.6 is 11.3 Å². The van der Waals surface area contributed by atoms with Crippen molar-refractivity contribution in [1.29, 1.82) is 0 Å². The third-order valence-electron chi connectivity index (χ3n) is 4.00. The van der Waals surface area contributed by atoms with Gasteiger partial charge < -0.3 is 0 Å². The van der Waals surface area contributed by atoms with Crippen molar-refractivity contribution in [3.8, 4) is 0 Å². The predicted octanol–water partition coefficient (Wildman–Crippen LogP) is 2.68. The van der Waals surface area contributed by atoms with Crippen LogP contribution in [0.15, 0.2) is 12.4 Å². The lowest BCUT2D eigenvalue weighted by Crippen LogP contribution is -2.31. The minimum absolute atomic E-state index is 0.650. The molecule has 4 nitrogen and oxygen atoms in total. The Morgan fingerprint density at radius 2 is 2.20 bits per heavy atom. The molecule has 0 N–H and O–H groups in total. The number of rotatable bonds is 3. The van der Waals surface area contributed by atoms with Gasteiger partial charge in [0.05, 0.1) is 6.54 Å².